The van der Waals surface area contributed by atoms with Gasteiger partial charge in [-0.25, -0.2) is 17.9 Å². The average molecular weight is 417 g/mol. The molecule has 0 spiro atoms. The molecule has 1 aromatic heterocycles. The van der Waals surface area contributed by atoms with Crippen LogP contribution in [0.3, 0.4) is 0 Å². The lowest BCUT2D eigenvalue weighted by atomic mass is 10.2. The Morgan fingerprint density at radius 3 is 2.65 bits per heavy atom. The summed E-state index contributed by atoms with van der Waals surface area (Å²) >= 11 is 7.20. The van der Waals surface area contributed by atoms with Crippen LogP contribution in [0.4, 0.5) is 0 Å². The Balaban J connectivity index is 1.98. The maximum Gasteiger partial charge on any atom is 0.338 e. The van der Waals surface area contributed by atoms with E-state index in [4.69, 9.17) is 16.3 Å². The Labute approximate surface area is 160 Å². The first kappa shape index (κ1) is 20.4. The quantitative estimate of drug-likeness (QED) is 0.507. The molecular formula is C16H17ClN2O5S2. The number of thiophene rings is 1. The largest absolute Gasteiger partial charge is 0.462 e. The fraction of sp³-hybridized carbons (Fsp3) is 0.250. The molecule has 0 radical (unpaired) electrons. The first-order chi connectivity index (χ1) is 12.3. The number of esters is 1. The number of rotatable bonds is 8. The second-order valence-corrected chi connectivity index (χ2v) is 8.18. The molecule has 0 unspecified atom stereocenters. The second-order valence-electron chi connectivity index (χ2n) is 5.03. The van der Waals surface area contributed by atoms with Crippen molar-refractivity contribution in [3.8, 4) is 0 Å². The van der Waals surface area contributed by atoms with Crippen molar-refractivity contribution in [3.05, 3.63) is 51.2 Å². The highest BCUT2D eigenvalue weighted by Gasteiger charge is 2.18. The zero-order valence-electron chi connectivity index (χ0n) is 13.8. The minimum Gasteiger partial charge on any atom is -0.462 e. The van der Waals surface area contributed by atoms with Crippen molar-refractivity contribution in [2.45, 2.75) is 11.8 Å². The lowest BCUT2D eigenvalue weighted by Gasteiger charge is -2.10. The van der Waals surface area contributed by atoms with Crippen molar-refractivity contribution < 1.29 is 22.7 Å². The van der Waals surface area contributed by atoms with Crippen molar-refractivity contribution in [3.63, 3.8) is 0 Å². The summed E-state index contributed by atoms with van der Waals surface area (Å²) in [6, 6.07) is 7.18. The van der Waals surface area contributed by atoms with E-state index in [0.717, 1.165) is 0 Å². The van der Waals surface area contributed by atoms with E-state index in [1.54, 1.807) is 24.4 Å². The van der Waals surface area contributed by atoms with Crippen molar-refractivity contribution in [1.29, 1.82) is 0 Å². The van der Waals surface area contributed by atoms with Crippen LogP contribution in [-0.2, 0) is 14.8 Å². The van der Waals surface area contributed by atoms with E-state index < -0.39 is 16.0 Å². The van der Waals surface area contributed by atoms with Gasteiger partial charge in [0, 0.05) is 18.1 Å². The number of nitrogens with one attached hydrogen (secondary N) is 2. The second kappa shape index (κ2) is 9.13. The minimum atomic E-state index is -3.90. The molecule has 0 bridgehead atoms. The van der Waals surface area contributed by atoms with Gasteiger partial charge < -0.3 is 10.1 Å². The molecule has 0 aliphatic rings. The standard InChI is InChI=1S/C16H17ClN2O5S2/c1-2-24-16(21)11-8-12(17)10-13(9-11)26(22,23)19-6-5-18-15(20)14-4-3-7-25-14/h3-4,7-10,19H,2,5-6H2,1H3,(H,18,20). The molecule has 0 saturated carbocycles. The van der Waals surface area contributed by atoms with Gasteiger partial charge in [0.25, 0.3) is 5.91 Å². The van der Waals surface area contributed by atoms with Crippen molar-refractivity contribution in [2.24, 2.45) is 0 Å². The molecular weight excluding hydrogens is 400 g/mol. The zero-order chi connectivity index (χ0) is 19.2. The van der Waals surface area contributed by atoms with Crippen LogP contribution >= 0.6 is 22.9 Å². The van der Waals surface area contributed by atoms with Crippen molar-refractivity contribution in [1.82, 2.24) is 10.0 Å². The third kappa shape index (κ3) is 5.53. The summed E-state index contributed by atoms with van der Waals surface area (Å²) < 4.78 is 31.9. The Morgan fingerprint density at radius 2 is 2.00 bits per heavy atom. The fourth-order valence-electron chi connectivity index (χ4n) is 1.99. The summed E-state index contributed by atoms with van der Waals surface area (Å²) in [5, 5.41) is 4.49. The molecule has 10 heteroatoms. The Bertz CT molecular complexity index is 882. The van der Waals surface area contributed by atoms with Gasteiger partial charge in [-0.2, -0.15) is 0 Å². The maximum absolute atomic E-state index is 12.4. The number of sulfonamides is 1. The van der Waals surface area contributed by atoms with Crippen LogP contribution in [0.25, 0.3) is 0 Å². The van der Waals surface area contributed by atoms with E-state index in [1.165, 1.54) is 29.5 Å². The summed E-state index contributed by atoms with van der Waals surface area (Å²) in [6.07, 6.45) is 0. The van der Waals surface area contributed by atoms with Crippen LogP contribution in [0.2, 0.25) is 5.02 Å². The van der Waals surface area contributed by atoms with Gasteiger partial charge >= 0.3 is 5.97 Å². The Morgan fingerprint density at radius 1 is 1.23 bits per heavy atom. The number of halogens is 1. The van der Waals surface area contributed by atoms with Gasteiger partial charge in [0.1, 0.15) is 0 Å². The van der Waals surface area contributed by atoms with Gasteiger partial charge in [-0.15, -0.1) is 11.3 Å². The number of carbonyl (C=O) groups excluding carboxylic acids is 2. The summed E-state index contributed by atoms with van der Waals surface area (Å²) in [5.41, 5.74) is 0.0470. The van der Waals surface area contributed by atoms with Gasteiger partial charge in [0.15, 0.2) is 0 Å². The molecule has 2 aromatic rings. The summed E-state index contributed by atoms with van der Waals surface area (Å²) in [7, 11) is -3.90. The summed E-state index contributed by atoms with van der Waals surface area (Å²) in [5.74, 6) is -0.929. The fourth-order valence-corrected chi connectivity index (χ4v) is 4.03. The molecule has 1 heterocycles. The number of hydrogen-bond acceptors (Lipinski definition) is 6. The predicted octanol–water partition coefficient (Wildman–Crippen LogP) is 2.29. The molecule has 1 amide bonds. The average Bonchev–Trinajstić information content (AvgIpc) is 3.13. The molecule has 0 fully saturated rings. The van der Waals surface area contributed by atoms with Crippen LogP contribution in [-0.4, -0.2) is 40.0 Å². The Kier molecular flexibility index (Phi) is 7.15. The van der Waals surface area contributed by atoms with Gasteiger partial charge in [-0.3, -0.25) is 4.79 Å². The SMILES string of the molecule is CCOC(=O)c1cc(Cl)cc(S(=O)(=O)NCCNC(=O)c2cccs2)c1. The molecule has 0 aliphatic carbocycles. The third-order valence-corrected chi connectivity index (χ3v) is 5.67. The lowest BCUT2D eigenvalue weighted by Crippen LogP contribution is -2.34. The van der Waals surface area contributed by atoms with Crippen LogP contribution in [0.5, 0.6) is 0 Å². The zero-order valence-corrected chi connectivity index (χ0v) is 16.2. The molecule has 0 saturated heterocycles. The number of hydrogen-bond donors (Lipinski definition) is 2. The van der Waals surface area contributed by atoms with E-state index in [9.17, 15) is 18.0 Å². The molecule has 140 valence electrons. The summed E-state index contributed by atoms with van der Waals surface area (Å²) in [6.45, 7) is 1.91. The van der Waals surface area contributed by atoms with Crippen LogP contribution in [0.1, 0.15) is 27.0 Å². The highest BCUT2D eigenvalue weighted by atomic mass is 35.5. The maximum atomic E-state index is 12.4. The number of benzene rings is 1. The van der Waals surface area contributed by atoms with Gasteiger partial charge in [0.05, 0.1) is 21.9 Å². The molecule has 26 heavy (non-hydrogen) atoms. The van der Waals surface area contributed by atoms with Crippen molar-refractivity contribution >= 4 is 44.8 Å². The molecule has 2 rings (SSSR count). The van der Waals surface area contributed by atoms with Gasteiger partial charge in [0.2, 0.25) is 10.0 Å². The topological polar surface area (TPSA) is 102 Å². The van der Waals surface area contributed by atoms with Crippen LogP contribution < -0.4 is 10.0 Å². The monoisotopic (exact) mass is 416 g/mol. The number of ether oxygens (including phenoxy) is 1. The minimum absolute atomic E-state index is 0.0132. The van der Waals surface area contributed by atoms with Crippen molar-refractivity contribution in [2.75, 3.05) is 19.7 Å². The van der Waals surface area contributed by atoms with Gasteiger partial charge in [-0.05, 0) is 36.6 Å². The van der Waals surface area contributed by atoms with Crippen LogP contribution in [0, 0.1) is 0 Å². The van der Waals surface area contributed by atoms with E-state index in [0.29, 0.717) is 4.88 Å². The number of carbonyl (C=O) groups is 2. The van der Waals surface area contributed by atoms with E-state index in [1.807, 2.05) is 0 Å². The first-order valence-electron chi connectivity index (χ1n) is 7.62. The molecule has 7 nitrogen and oxygen atoms in total. The molecule has 1 aromatic carbocycles. The lowest BCUT2D eigenvalue weighted by molar-refractivity contribution is 0.0526. The van der Waals surface area contributed by atoms with E-state index in [2.05, 4.69) is 10.0 Å². The van der Waals surface area contributed by atoms with E-state index >= 15 is 0 Å². The molecule has 0 aliphatic heterocycles. The predicted molar refractivity (Wildman–Crippen MR) is 99.2 cm³/mol. The smallest absolute Gasteiger partial charge is 0.338 e. The normalized spacial score (nSPS) is 11.2. The third-order valence-electron chi connectivity index (χ3n) is 3.14. The van der Waals surface area contributed by atoms with E-state index in [-0.39, 0.29) is 41.1 Å². The van der Waals surface area contributed by atoms with Gasteiger partial charge in [-0.1, -0.05) is 17.7 Å². The highest BCUT2D eigenvalue weighted by molar-refractivity contribution is 7.89. The highest BCUT2D eigenvalue weighted by Crippen LogP contribution is 2.19. The number of amides is 1. The summed E-state index contributed by atoms with van der Waals surface area (Å²) in [4.78, 5) is 23.9. The first-order valence-corrected chi connectivity index (χ1v) is 10.4. The van der Waals surface area contributed by atoms with Crippen LogP contribution in [0.15, 0.2) is 40.6 Å². The Hall–Kier alpha value is -1.94. The molecule has 2 N–H and O–H groups in total. The molecule has 0 atom stereocenters.